The molecule has 0 spiro atoms. The predicted molar refractivity (Wildman–Crippen MR) is 58.7 cm³/mol. The fourth-order valence-corrected chi connectivity index (χ4v) is 2.67. The molecule has 14 heavy (non-hydrogen) atoms. The van der Waals surface area contributed by atoms with E-state index in [1.54, 1.807) is 11.3 Å². The monoisotopic (exact) mass is 208 g/mol. The Morgan fingerprint density at radius 1 is 1.57 bits per heavy atom. The minimum atomic E-state index is 0.770. The molecule has 2 atom stereocenters. The average molecular weight is 208 g/mol. The topological polar surface area (TPSA) is 24.9 Å². The molecule has 0 aliphatic heterocycles. The maximum absolute atomic E-state index is 4.56. The molecule has 0 amide bonds. The number of thiazole rings is 1. The Bertz CT molecular complexity index is 330. The van der Waals surface area contributed by atoms with Gasteiger partial charge in [-0.05, 0) is 38.6 Å². The maximum atomic E-state index is 4.56. The van der Waals surface area contributed by atoms with Gasteiger partial charge in [0.1, 0.15) is 0 Å². The lowest BCUT2D eigenvalue weighted by molar-refractivity contribution is 0.622. The van der Waals surface area contributed by atoms with Crippen LogP contribution in [0.1, 0.15) is 35.9 Å². The van der Waals surface area contributed by atoms with Gasteiger partial charge in [0.25, 0.3) is 0 Å². The van der Waals surface area contributed by atoms with Gasteiger partial charge >= 0.3 is 0 Å². The molecule has 76 valence electrons. The summed E-state index contributed by atoms with van der Waals surface area (Å²) < 4.78 is 0. The van der Waals surface area contributed by atoms with Crippen molar-refractivity contribution in [2.24, 2.45) is 5.92 Å². The molecule has 1 aromatic heterocycles. The van der Waals surface area contributed by atoms with Crippen LogP contribution in [0.5, 0.6) is 0 Å². The summed E-state index contributed by atoms with van der Waals surface area (Å²) in [4.78, 5) is 4.56. The van der Waals surface area contributed by atoms with E-state index in [0.717, 1.165) is 17.9 Å². The molecule has 2 aliphatic carbocycles. The first kappa shape index (κ1) is 8.86. The van der Waals surface area contributed by atoms with Crippen molar-refractivity contribution < 1.29 is 0 Å². The van der Waals surface area contributed by atoms with Crippen LogP contribution in [0.4, 0.5) is 0 Å². The molecule has 1 N–H and O–H groups in total. The average Bonchev–Trinajstić information content (AvgIpc) is 3.06. The summed E-state index contributed by atoms with van der Waals surface area (Å²) in [5.74, 6) is 1.64. The first-order chi connectivity index (χ1) is 6.83. The highest BCUT2D eigenvalue weighted by molar-refractivity contribution is 7.09. The Morgan fingerprint density at radius 3 is 3.07 bits per heavy atom. The molecule has 2 nitrogen and oxygen atoms in total. The summed E-state index contributed by atoms with van der Waals surface area (Å²) in [6, 6.07) is 0.855. The number of aromatic nitrogens is 1. The van der Waals surface area contributed by atoms with Gasteiger partial charge in [-0.25, -0.2) is 4.98 Å². The lowest BCUT2D eigenvalue weighted by Gasteiger charge is -1.99. The largest absolute Gasteiger partial charge is 0.314 e. The highest BCUT2D eigenvalue weighted by Crippen LogP contribution is 2.47. The van der Waals surface area contributed by atoms with Crippen molar-refractivity contribution in [3.63, 3.8) is 0 Å². The lowest BCUT2D eigenvalue weighted by atomic mass is 10.2. The van der Waals surface area contributed by atoms with Gasteiger partial charge in [0, 0.05) is 17.3 Å². The highest BCUT2D eigenvalue weighted by Gasteiger charge is 2.40. The first-order valence-corrected chi connectivity index (χ1v) is 6.36. The van der Waals surface area contributed by atoms with E-state index in [9.17, 15) is 0 Å². The van der Waals surface area contributed by atoms with Crippen LogP contribution in [0.3, 0.4) is 0 Å². The molecule has 0 radical (unpaired) electrons. The number of nitrogens with zero attached hydrogens (tertiary/aromatic N) is 1. The molecule has 1 aromatic rings. The smallest absolute Gasteiger partial charge is 0.0897 e. The normalized spacial score (nSPS) is 30.6. The van der Waals surface area contributed by atoms with Gasteiger partial charge in [-0.1, -0.05) is 0 Å². The highest BCUT2D eigenvalue weighted by atomic mass is 32.1. The second-order valence-electron chi connectivity index (χ2n) is 4.58. The molecular weight excluding hydrogens is 192 g/mol. The van der Waals surface area contributed by atoms with Crippen LogP contribution in [-0.4, -0.2) is 17.6 Å². The van der Waals surface area contributed by atoms with Gasteiger partial charge in [-0.2, -0.15) is 0 Å². The second-order valence-corrected chi connectivity index (χ2v) is 5.64. The standard InChI is InChI=1S/C11H16N2S/c1-7-13-11(6-14-7)10-4-8(10)5-12-9-2-3-9/h6,8-10,12H,2-5H2,1H3. The number of hydrogen-bond acceptors (Lipinski definition) is 3. The van der Waals surface area contributed by atoms with E-state index in [0.29, 0.717) is 0 Å². The van der Waals surface area contributed by atoms with Gasteiger partial charge in [-0.3, -0.25) is 0 Å². The van der Waals surface area contributed by atoms with Crippen molar-refractivity contribution in [1.29, 1.82) is 0 Å². The summed E-state index contributed by atoms with van der Waals surface area (Å²) >= 11 is 1.78. The van der Waals surface area contributed by atoms with E-state index in [4.69, 9.17) is 0 Å². The second kappa shape index (κ2) is 3.31. The summed E-state index contributed by atoms with van der Waals surface area (Å²) in [5.41, 5.74) is 1.34. The molecule has 2 unspecified atom stereocenters. The lowest BCUT2D eigenvalue weighted by Crippen LogP contribution is -2.19. The minimum Gasteiger partial charge on any atom is -0.314 e. The van der Waals surface area contributed by atoms with Gasteiger partial charge < -0.3 is 5.32 Å². The van der Waals surface area contributed by atoms with E-state index in [2.05, 4.69) is 22.6 Å². The summed E-state index contributed by atoms with van der Waals surface area (Å²) in [5, 5.41) is 7.04. The fourth-order valence-electron chi connectivity index (χ4n) is 1.99. The van der Waals surface area contributed by atoms with Crippen molar-refractivity contribution in [3.05, 3.63) is 16.1 Å². The van der Waals surface area contributed by atoms with E-state index in [1.165, 1.54) is 36.5 Å². The zero-order valence-electron chi connectivity index (χ0n) is 8.49. The molecule has 0 aromatic carbocycles. The summed E-state index contributed by atoms with van der Waals surface area (Å²) in [6.45, 7) is 3.31. The van der Waals surface area contributed by atoms with Crippen molar-refractivity contribution in [2.45, 2.75) is 38.1 Å². The third-order valence-electron chi connectivity index (χ3n) is 3.19. The van der Waals surface area contributed by atoms with E-state index >= 15 is 0 Å². The van der Waals surface area contributed by atoms with E-state index in [-0.39, 0.29) is 0 Å². The van der Waals surface area contributed by atoms with Crippen LogP contribution in [0.2, 0.25) is 0 Å². The third kappa shape index (κ3) is 1.84. The van der Waals surface area contributed by atoms with Crippen molar-refractivity contribution in [2.75, 3.05) is 6.54 Å². The third-order valence-corrected chi connectivity index (χ3v) is 3.98. The molecule has 2 saturated carbocycles. The fraction of sp³-hybridized carbons (Fsp3) is 0.727. The van der Waals surface area contributed by atoms with E-state index in [1.807, 2.05) is 0 Å². The molecule has 0 bridgehead atoms. The summed E-state index contributed by atoms with van der Waals surface area (Å²) in [6.07, 6.45) is 4.14. The van der Waals surface area contributed by atoms with Gasteiger partial charge in [0.05, 0.1) is 10.7 Å². The maximum Gasteiger partial charge on any atom is 0.0897 e. The molecule has 0 saturated heterocycles. The Hall–Kier alpha value is -0.410. The SMILES string of the molecule is Cc1nc(C2CC2CNC2CC2)cs1. The van der Waals surface area contributed by atoms with E-state index < -0.39 is 0 Å². The molecule has 2 fully saturated rings. The van der Waals surface area contributed by atoms with Gasteiger partial charge in [-0.15, -0.1) is 11.3 Å². The molecular formula is C11H16N2S. The summed E-state index contributed by atoms with van der Waals surface area (Å²) in [7, 11) is 0. The van der Waals surface area contributed by atoms with Gasteiger partial charge in [0.15, 0.2) is 0 Å². The number of aryl methyl sites for hydroxylation is 1. The molecule has 1 heterocycles. The Labute approximate surface area is 88.7 Å². The zero-order valence-corrected chi connectivity index (χ0v) is 9.31. The van der Waals surface area contributed by atoms with Crippen LogP contribution in [-0.2, 0) is 0 Å². The van der Waals surface area contributed by atoms with Crippen LogP contribution in [0.25, 0.3) is 0 Å². The quantitative estimate of drug-likeness (QED) is 0.821. The number of nitrogens with one attached hydrogen (secondary N) is 1. The van der Waals surface area contributed by atoms with Crippen molar-refractivity contribution in [1.82, 2.24) is 10.3 Å². The molecule has 3 rings (SSSR count). The molecule has 2 aliphatic rings. The minimum absolute atomic E-state index is 0.770. The Balaban J connectivity index is 1.51. The Morgan fingerprint density at radius 2 is 2.43 bits per heavy atom. The number of rotatable bonds is 4. The van der Waals surface area contributed by atoms with Crippen molar-refractivity contribution >= 4 is 11.3 Å². The predicted octanol–water partition coefficient (Wildman–Crippen LogP) is 2.31. The first-order valence-electron chi connectivity index (χ1n) is 5.48. The van der Waals surface area contributed by atoms with Crippen LogP contribution in [0.15, 0.2) is 5.38 Å². The van der Waals surface area contributed by atoms with Crippen LogP contribution < -0.4 is 5.32 Å². The number of hydrogen-bond donors (Lipinski definition) is 1. The Kier molecular flexibility index (Phi) is 2.10. The van der Waals surface area contributed by atoms with Crippen LogP contribution >= 0.6 is 11.3 Å². The van der Waals surface area contributed by atoms with Crippen molar-refractivity contribution in [3.8, 4) is 0 Å². The zero-order chi connectivity index (χ0) is 9.54. The van der Waals surface area contributed by atoms with Crippen LogP contribution in [0, 0.1) is 12.8 Å². The van der Waals surface area contributed by atoms with Gasteiger partial charge in [0.2, 0.25) is 0 Å². The molecule has 3 heteroatoms.